The molecule has 8 heteroatoms. The first-order valence-corrected chi connectivity index (χ1v) is 6.35. The lowest BCUT2D eigenvalue weighted by Crippen LogP contribution is -2.47. The number of aliphatic carboxylic acids is 1. The number of carbonyl (C=O) groups is 4. The third-order valence-electron chi connectivity index (χ3n) is 2.96. The van der Waals surface area contributed by atoms with Crippen LogP contribution < -0.4 is 10.6 Å². The zero-order valence-electron chi connectivity index (χ0n) is 11.7. The molecular formula is C12H19N3O5. The molecule has 1 atom stereocenters. The van der Waals surface area contributed by atoms with Crippen molar-refractivity contribution in [2.24, 2.45) is 0 Å². The first kappa shape index (κ1) is 15.9. The van der Waals surface area contributed by atoms with Crippen molar-refractivity contribution in [3.8, 4) is 0 Å². The lowest BCUT2D eigenvalue weighted by Gasteiger charge is -2.17. The van der Waals surface area contributed by atoms with E-state index in [9.17, 15) is 19.2 Å². The summed E-state index contributed by atoms with van der Waals surface area (Å²) < 4.78 is 0. The molecule has 1 fully saturated rings. The number of carboxylic acid groups (broad SMARTS) is 1. The van der Waals surface area contributed by atoms with Crippen LogP contribution in [0.3, 0.4) is 0 Å². The van der Waals surface area contributed by atoms with Gasteiger partial charge in [0.2, 0.25) is 5.91 Å². The van der Waals surface area contributed by atoms with Crippen molar-refractivity contribution in [3.05, 3.63) is 0 Å². The third-order valence-corrected chi connectivity index (χ3v) is 2.96. The van der Waals surface area contributed by atoms with Crippen LogP contribution in [0, 0.1) is 0 Å². The predicted molar refractivity (Wildman–Crippen MR) is 68.8 cm³/mol. The van der Waals surface area contributed by atoms with Crippen LogP contribution in [0.15, 0.2) is 0 Å². The Hall–Kier alpha value is -2.12. The maximum absolute atomic E-state index is 11.9. The molecule has 0 aromatic rings. The maximum Gasteiger partial charge on any atom is 0.326 e. The van der Waals surface area contributed by atoms with Crippen molar-refractivity contribution in [2.75, 3.05) is 6.54 Å². The number of imide groups is 1. The van der Waals surface area contributed by atoms with Crippen LogP contribution >= 0.6 is 0 Å². The van der Waals surface area contributed by atoms with E-state index in [1.54, 1.807) is 6.92 Å². The van der Waals surface area contributed by atoms with E-state index in [1.165, 1.54) is 13.8 Å². The van der Waals surface area contributed by atoms with E-state index >= 15 is 0 Å². The molecule has 112 valence electrons. The van der Waals surface area contributed by atoms with E-state index < -0.39 is 41.9 Å². The normalized spacial score (nSPS) is 18.6. The lowest BCUT2D eigenvalue weighted by molar-refractivity contribution is -0.142. The smallest absolute Gasteiger partial charge is 0.326 e. The number of rotatable bonds is 6. The zero-order chi connectivity index (χ0) is 15.5. The molecule has 0 aromatic carbocycles. The molecule has 1 aliphatic heterocycles. The van der Waals surface area contributed by atoms with Gasteiger partial charge in [-0.3, -0.25) is 14.5 Å². The fourth-order valence-corrected chi connectivity index (χ4v) is 1.89. The minimum Gasteiger partial charge on any atom is -0.480 e. The van der Waals surface area contributed by atoms with Gasteiger partial charge in [-0.1, -0.05) is 13.3 Å². The van der Waals surface area contributed by atoms with Gasteiger partial charge in [0.1, 0.15) is 18.1 Å². The van der Waals surface area contributed by atoms with E-state index in [-0.39, 0.29) is 6.42 Å². The SMILES string of the molecule is CCC[C@@H](NC(=O)CN1C(=O)NC(C)(C)C1=O)C(=O)O. The first-order chi connectivity index (χ1) is 9.19. The summed E-state index contributed by atoms with van der Waals surface area (Å²) in [6, 6.07) is -1.67. The molecule has 1 rings (SSSR count). The van der Waals surface area contributed by atoms with Gasteiger partial charge in [-0.05, 0) is 20.3 Å². The summed E-state index contributed by atoms with van der Waals surface area (Å²) in [6.07, 6.45) is 0.875. The highest BCUT2D eigenvalue weighted by molar-refractivity contribution is 6.08. The van der Waals surface area contributed by atoms with E-state index in [0.29, 0.717) is 6.42 Å². The van der Waals surface area contributed by atoms with Crippen molar-refractivity contribution in [1.29, 1.82) is 0 Å². The quantitative estimate of drug-likeness (QED) is 0.579. The van der Waals surface area contributed by atoms with E-state index in [2.05, 4.69) is 10.6 Å². The summed E-state index contributed by atoms with van der Waals surface area (Å²) in [5, 5.41) is 13.7. The molecule has 20 heavy (non-hydrogen) atoms. The van der Waals surface area contributed by atoms with Crippen LogP contribution in [0.1, 0.15) is 33.6 Å². The van der Waals surface area contributed by atoms with Crippen LogP contribution in [-0.2, 0) is 14.4 Å². The number of carbonyl (C=O) groups excluding carboxylic acids is 3. The third kappa shape index (κ3) is 3.46. The number of nitrogens with zero attached hydrogens (tertiary/aromatic N) is 1. The molecule has 0 unspecified atom stereocenters. The van der Waals surface area contributed by atoms with Gasteiger partial charge < -0.3 is 15.7 Å². The molecule has 3 N–H and O–H groups in total. The Morgan fingerprint density at radius 3 is 2.40 bits per heavy atom. The van der Waals surface area contributed by atoms with Crippen molar-refractivity contribution in [2.45, 2.75) is 45.2 Å². The minimum absolute atomic E-state index is 0.284. The van der Waals surface area contributed by atoms with E-state index in [1.807, 2.05) is 0 Å². The summed E-state index contributed by atoms with van der Waals surface area (Å²) >= 11 is 0. The van der Waals surface area contributed by atoms with Crippen LogP contribution in [0.5, 0.6) is 0 Å². The first-order valence-electron chi connectivity index (χ1n) is 6.35. The summed E-state index contributed by atoms with van der Waals surface area (Å²) in [5.41, 5.74) is -1.05. The second-order valence-electron chi connectivity index (χ2n) is 5.19. The Balaban J connectivity index is 2.65. The van der Waals surface area contributed by atoms with Gasteiger partial charge in [-0.2, -0.15) is 0 Å². The highest BCUT2D eigenvalue weighted by atomic mass is 16.4. The summed E-state index contributed by atoms with van der Waals surface area (Å²) in [7, 11) is 0. The van der Waals surface area contributed by atoms with E-state index in [0.717, 1.165) is 4.90 Å². The molecule has 1 heterocycles. The molecule has 4 amide bonds. The lowest BCUT2D eigenvalue weighted by atomic mass is 10.1. The second-order valence-corrected chi connectivity index (χ2v) is 5.19. The van der Waals surface area contributed by atoms with Crippen molar-refractivity contribution >= 4 is 23.8 Å². The molecule has 0 saturated carbocycles. The molecule has 0 aromatic heterocycles. The standard InChI is InChI=1S/C12H19N3O5/c1-4-5-7(9(17)18)13-8(16)6-15-10(19)12(2,3)14-11(15)20/h7H,4-6H2,1-3H3,(H,13,16)(H,14,20)(H,17,18)/t7-/m1/s1. The van der Waals surface area contributed by atoms with Gasteiger partial charge in [0.15, 0.2) is 0 Å². The summed E-state index contributed by atoms with van der Waals surface area (Å²) in [6.45, 7) is 4.37. The Morgan fingerprint density at radius 1 is 1.40 bits per heavy atom. The molecular weight excluding hydrogens is 266 g/mol. The van der Waals surface area contributed by atoms with Crippen LogP contribution in [0.4, 0.5) is 4.79 Å². The largest absolute Gasteiger partial charge is 0.480 e. The molecule has 1 saturated heterocycles. The molecule has 0 spiro atoms. The van der Waals surface area contributed by atoms with Crippen molar-refractivity contribution in [3.63, 3.8) is 0 Å². The Labute approximate surface area is 116 Å². The fourth-order valence-electron chi connectivity index (χ4n) is 1.89. The highest BCUT2D eigenvalue weighted by Crippen LogP contribution is 2.15. The Bertz CT molecular complexity index is 446. The molecule has 1 aliphatic rings. The number of hydrogen-bond donors (Lipinski definition) is 3. The van der Waals surface area contributed by atoms with Crippen LogP contribution in [0.25, 0.3) is 0 Å². The van der Waals surface area contributed by atoms with Crippen molar-refractivity contribution < 1.29 is 24.3 Å². The summed E-state index contributed by atoms with van der Waals surface area (Å²) in [4.78, 5) is 46.9. The number of nitrogens with one attached hydrogen (secondary N) is 2. The monoisotopic (exact) mass is 285 g/mol. The number of hydrogen-bond acceptors (Lipinski definition) is 4. The zero-order valence-corrected chi connectivity index (χ0v) is 11.7. The number of carboxylic acids is 1. The topological polar surface area (TPSA) is 116 Å². The van der Waals surface area contributed by atoms with Gasteiger partial charge in [-0.15, -0.1) is 0 Å². The van der Waals surface area contributed by atoms with Crippen LogP contribution in [0.2, 0.25) is 0 Å². The van der Waals surface area contributed by atoms with Crippen molar-refractivity contribution in [1.82, 2.24) is 15.5 Å². The molecule has 0 radical (unpaired) electrons. The highest BCUT2D eigenvalue weighted by Gasteiger charge is 2.45. The second kappa shape index (κ2) is 5.89. The van der Waals surface area contributed by atoms with Gasteiger partial charge >= 0.3 is 12.0 Å². The average Bonchev–Trinajstić information content (AvgIpc) is 2.51. The number of amides is 4. The van der Waals surface area contributed by atoms with Crippen LogP contribution in [-0.4, -0.2) is 51.9 Å². The number of urea groups is 1. The maximum atomic E-state index is 11.9. The predicted octanol–water partition coefficient (Wildman–Crippen LogP) is -0.314. The van der Waals surface area contributed by atoms with Gasteiger partial charge in [0.25, 0.3) is 5.91 Å². The minimum atomic E-state index is -1.14. The average molecular weight is 285 g/mol. The molecule has 0 bridgehead atoms. The summed E-state index contributed by atoms with van der Waals surface area (Å²) in [5.74, 6) is -2.33. The molecule has 0 aliphatic carbocycles. The Morgan fingerprint density at radius 2 is 2.00 bits per heavy atom. The Kier molecular flexibility index (Phi) is 4.69. The van der Waals surface area contributed by atoms with Gasteiger partial charge in [0.05, 0.1) is 0 Å². The fraction of sp³-hybridized carbons (Fsp3) is 0.667. The molecule has 8 nitrogen and oxygen atoms in total. The van der Waals surface area contributed by atoms with E-state index in [4.69, 9.17) is 5.11 Å². The van der Waals surface area contributed by atoms with Gasteiger partial charge in [0, 0.05) is 0 Å². The van der Waals surface area contributed by atoms with Gasteiger partial charge in [-0.25, -0.2) is 9.59 Å².